The van der Waals surface area contributed by atoms with E-state index in [1.807, 2.05) is 12.3 Å². The number of pyridine rings is 1. The summed E-state index contributed by atoms with van der Waals surface area (Å²) in [6, 6.07) is 4.18. The molecule has 0 saturated carbocycles. The molecule has 0 atom stereocenters. The molecule has 0 aliphatic carbocycles. The Morgan fingerprint density at radius 3 is 2.73 bits per heavy atom. The molecular formula is C12H13N3. The summed E-state index contributed by atoms with van der Waals surface area (Å²) < 4.78 is 0. The van der Waals surface area contributed by atoms with E-state index in [0.717, 1.165) is 16.6 Å². The van der Waals surface area contributed by atoms with Gasteiger partial charge in [0.1, 0.15) is 11.7 Å². The lowest BCUT2D eigenvalue weighted by Crippen LogP contribution is -2.14. The Hall–Kier alpha value is -1.82. The fraction of sp³-hybridized carbons (Fsp3) is 0.333. The van der Waals surface area contributed by atoms with Crippen molar-refractivity contribution in [2.45, 2.75) is 26.2 Å². The van der Waals surface area contributed by atoms with Crippen molar-refractivity contribution in [1.29, 1.82) is 5.26 Å². The van der Waals surface area contributed by atoms with Crippen molar-refractivity contribution < 1.29 is 0 Å². The minimum atomic E-state index is -0.0472. The maximum absolute atomic E-state index is 9.08. The number of rotatable bonds is 0. The van der Waals surface area contributed by atoms with Crippen LogP contribution in [0.2, 0.25) is 0 Å². The lowest BCUT2D eigenvalue weighted by molar-refractivity contribution is 0.593. The van der Waals surface area contributed by atoms with Gasteiger partial charge in [-0.2, -0.15) is 5.26 Å². The van der Waals surface area contributed by atoms with Crippen LogP contribution in [0.4, 0.5) is 0 Å². The quantitative estimate of drug-likeness (QED) is 0.709. The summed E-state index contributed by atoms with van der Waals surface area (Å²) in [4.78, 5) is 7.27. The van der Waals surface area contributed by atoms with Crippen molar-refractivity contribution >= 4 is 11.0 Å². The van der Waals surface area contributed by atoms with Crippen LogP contribution in [0.25, 0.3) is 11.0 Å². The smallest absolute Gasteiger partial charge is 0.137 e. The Bertz CT molecular complexity index is 538. The number of H-pyrrole nitrogens is 1. The Balaban J connectivity index is 2.88. The molecule has 0 radical (unpaired) electrons. The number of nitriles is 1. The van der Waals surface area contributed by atoms with E-state index < -0.39 is 0 Å². The largest absolute Gasteiger partial charge is 0.346 e. The molecule has 15 heavy (non-hydrogen) atoms. The maximum atomic E-state index is 9.08. The van der Waals surface area contributed by atoms with Crippen molar-refractivity contribution in [2.24, 2.45) is 0 Å². The van der Waals surface area contributed by atoms with Gasteiger partial charge in [0.2, 0.25) is 0 Å². The predicted molar refractivity (Wildman–Crippen MR) is 59.5 cm³/mol. The Labute approximate surface area is 88.8 Å². The van der Waals surface area contributed by atoms with E-state index in [4.69, 9.17) is 5.26 Å². The molecule has 2 rings (SSSR count). The van der Waals surface area contributed by atoms with Crippen LogP contribution in [0.15, 0.2) is 18.5 Å². The first-order chi connectivity index (χ1) is 7.04. The van der Waals surface area contributed by atoms with Gasteiger partial charge < -0.3 is 4.98 Å². The molecular weight excluding hydrogens is 186 g/mol. The van der Waals surface area contributed by atoms with Crippen LogP contribution in [0, 0.1) is 11.3 Å². The second-order valence-corrected chi connectivity index (χ2v) is 4.65. The number of hydrogen-bond donors (Lipinski definition) is 1. The molecule has 2 aromatic heterocycles. The monoisotopic (exact) mass is 199 g/mol. The number of aromatic nitrogens is 2. The number of nitrogens with zero attached hydrogens (tertiary/aromatic N) is 2. The first-order valence-electron chi connectivity index (χ1n) is 4.90. The summed E-state index contributed by atoms with van der Waals surface area (Å²) >= 11 is 0. The summed E-state index contributed by atoms with van der Waals surface area (Å²) in [5.41, 5.74) is 2.53. The van der Waals surface area contributed by atoms with Crippen LogP contribution in [-0.4, -0.2) is 9.97 Å². The molecule has 0 spiro atoms. The summed E-state index contributed by atoms with van der Waals surface area (Å²) in [5.74, 6) is 0. The maximum Gasteiger partial charge on any atom is 0.137 e. The van der Waals surface area contributed by atoms with Gasteiger partial charge >= 0.3 is 0 Å². The number of hydrogen-bond acceptors (Lipinski definition) is 2. The zero-order valence-corrected chi connectivity index (χ0v) is 9.13. The van der Waals surface area contributed by atoms with Crippen molar-refractivity contribution in [3.8, 4) is 6.07 Å². The zero-order chi connectivity index (χ0) is 11.1. The molecule has 0 amide bonds. The zero-order valence-electron chi connectivity index (χ0n) is 9.13. The lowest BCUT2D eigenvalue weighted by Gasteiger charge is -2.21. The summed E-state index contributed by atoms with van der Waals surface area (Å²) in [6.45, 7) is 6.32. The molecule has 76 valence electrons. The third-order valence-corrected chi connectivity index (χ3v) is 2.46. The second-order valence-electron chi connectivity index (χ2n) is 4.65. The van der Waals surface area contributed by atoms with Crippen LogP contribution in [0.3, 0.4) is 0 Å². The van der Waals surface area contributed by atoms with Crippen LogP contribution >= 0.6 is 0 Å². The Kier molecular flexibility index (Phi) is 2.01. The van der Waals surface area contributed by atoms with Crippen molar-refractivity contribution in [2.75, 3.05) is 0 Å². The van der Waals surface area contributed by atoms with E-state index in [1.165, 1.54) is 0 Å². The summed E-state index contributed by atoms with van der Waals surface area (Å²) in [6.07, 6.45) is 3.49. The van der Waals surface area contributed by atoms with Gasteiger partial charge in [0.25, 0.3) is 0 Å². The van der Waals surface area contributed by atoms with Crippen LogP contribution in [0.1, 0.15) is 31.9 Å². The van der Waals surface area contributed by atoms with Crippen molar-refractivity contribution in [3.63, 3.8) is 0 Å². The molecule has 3 nitrogen and oxygen atoms in total. The van der Waals surface area contributed by atoms with E-state index in [2.05, 4.69) is 36.8 Å². The van der Waals surface area contributed by atoms with Crippen molar-refractivity contribution in [3.05, 3.63) is 29.6 Å². The standard InChI is InChI=1S/C12H13N3/c1-12(2,3)10-8(6-13)7-15-11-9(10)4-5-14-11/h4-5,7H,1-3H3,(H,14,15). The second kappa shape index (κ2) is 3.09. The molecule has 0 aliphatic heterocycles. The number of fused-ring (bicyclic) bond motifs is 1. The third-order valence-electron chi connectivity index (χ3n) is 2.46. The van der Waals surface area contributed by atoms with Gasteiger partial charge in [-0.3, -0.25) is 0 Å². The molecule has 0 fully saturated rings. The molecule has 0 unspecified atom stereocenters. The summed E-state index contributed by atoms with van der Waals surface area (Å²) in [5, 5.41) is 10.1. The van der Waals surface area contributed by atoms with E-state index in [1.54, 1.807) is 6.20 Å². The van der Waals surface area contributed by atoms with E-state index in [0.29, 0.717) is 5.56 Å². The SMILES string of the molecule is CC(C)(C)c1c(C#N)cnc2[nH]ccc12. The molecule has 0 aliphatic rings. The average molecular weight is 199 g/mol. The molecule has 0 saturated heterocycles. The fourth-order valence-electron chi connectivity index (χ4n) is 1.90. The minimum absolute atomic E-state index is 0.0472. The van der Waals surface area contributed by atoms with E-state index in [-0.39, 0.29) is 5.41 Å². The first kappa shape index (κ1) is 9.72. The Morgan fingerprint density at radius 2 is 2.13 bits per heavy atom. The lowest BCUT2D eigenvalue weighted by atomic mass is 9.83. The Morgan fingerprint density at radius 1 is 1.40 bits per heavy atom. The van der Waals surface area contributed by atoms with Gasteiger partial charge in [-0.25, -0.2) is 4.98 Å². The van der Waals surface area contributed by atoms with Gasteiger partial charge in [-0.15, -0.1) is 0 Å². The highest BCUT2D eigenvalue weighted by atomic mass is 14.8. The van der Waals surface area contributed by atoms with Gasteiger partial charge in [-0.05, 0) is 17.0 Å². The predicted octanol–water partition coefficient (Wildman–Crippen LogP) is 2.73. The van der Waals surface area contributed by atoms with Gasteiger partial charge in [-0.1, -0.05) is 20.8 Å². The molecule has 3 heteroatoms. The van der Waals surface area contributed by atoms with Gasteiger partial charge in [0, 0.05) is 17.8 Å². The molecule has 2 aromatic rings. The van der Waals surface area contributed by atoms with Crippen LogP contribution in [-0.2, 0) is 5.41 Å². The topological polar surface area (TPSA) is 52.5 Å². The molecule has 2 heterocycles. The first-order valence-corrected chi connectivity index (χ1v) is 4.90. The minimum Gasteiger partial charge on any atom is -0.346 e. The van der Waals surface area contributed by atoms with Crippen LogP contribution in [0.5, 0.6) is 0 Å². The molecule has 0 aromatic carbocycles. The number of nitrogens with one attached hydrogen (secondary N) is 1. The summed E-state index contributed by atoms with van der Waals surface area (Å²) in [7, 11) is 0. The van der Waals surface area contributed by atoms with Crippen LogP contribution < -0.4 is 0 Å². The number of aromatic amines is 1. The third kappa shape index (κ3) is 1.48. The van der Waals surface area contributed by atoms with E-state index in [9.17, 15) is 0 Å². The fourth-order valence-corrected chi connectivity index (χ4v) is 1.90. The van der Waals surface area contributed by atoms with E-state index >= 15 is 0 Å². The van der Waals surface area contributed by atoms with Crippen molar-refractivity contribution in [1.82, 2.24) is 9.97 Å². The van der Waals surface area contributed by atoms with Gasteiger partial charge in [0.05, 0.1) is 5.56 Å². The highest BCUT2D eigenvalue weighted by Crippen LogP contribution is 2.31. The molecule has 1 N–H and O–H groups in total. The van der Waals surface area contributed by atoms with Gasteiger partial charge in [0.15, 0.2) is 0 Å². The average Bonchev–Trinajstić information content (AvgIpc) is 2.61. The molecule has 0 bridgehead atoms. The highest BCUT2D eigenvalue weighted by Gasteiger charge is 2.21. The highest BCUT2D eigenvalue weighted by molar-refractivity contribution is 5.82. The normalized spacial score (nSPS) is 11.6.